The zero-order valence-corrected chi connectivity index (χ0v) is 13.2. The smallest absolute Gasteiger partial charge is 0.257 e. The van der Waals surface area contributed by atoms with Crippen LogP contribution in [0, 0.1) is 9.39 Å². The van der Waals surface area contributed by atoms with E-state index in [1.165, 1.54) is 6.07 Å². The number of hydrogen-bond acceptors (Lipinski definition) is 2. The summed E-state index contributed by atoms with van der Waals surface area (Å²) >= 11 is 7.14. The largest absolute Gasteiger partial charge is 0.330 e. The molecular weight excluding hydrogens is 390 g/mol. The predicted octanol–water partition coefficient (Wildman–Crippen LogP) is 3.56. The number of nitrogens with one attached hydrogen (secondary N) is 2. The molecule has 0 fully saturated rings. The molecule has 20 heavy (non-hydrogen) atoms. The molecule has 0 saturated heterocycles. The summed E-state index contributed by atoms with van der Waals surface area (Å²) in [6.45, 7) is 0. The average Bonchev–Trinajstić information content (AvgIpc) is 2.42. The predicted molar refractivity (Wildman–Crippen MR) is 89.2 cm³/mol. The fourth-order valence-electron chi connectivity index (χ4n) is 1.49. The van der Waals surface area contributed by atoms with Crippen molar-refractivity contribution in [2.45, 2.75) is 0 Å². The van der Waals surface area contributed by atoms with Crippen LogP contribution in [-0.4, -0.2) is 11.0 Å². The van der Waals surface area contributed by atoms with Gasteiger partial charge in [-0.05, 0) is 71.2 Å². The lowest BCUT2D eigenvalue weighted by Crippen LogP contribution is -2.34. The lowest BCUT2D eigenvalue weighted by Gasteiger charge is -2.10. The van der Waals surface area contributed by atoms with Crippen molar-refractivity contribution in [2.24, 2.45) is 0 Å². The van der Waals surface area contributed by atoms with Crippen LogP contribution in [0.5, 0.6) is 0 Å². The molecule has 0 aliphatic rings. The Morgan fingerprint density at radius 3 is 2.40 bits per heavy atom. The minimum atomic E-state index is -0.432. The average molecular weight is 400 g/mol. The van der Waals surface area contributed by atoms with Crippen molar-refractivity contribution in [1.29, 1.82) is 0 Å². The van der Waals surface area contributed by atoms with E-state index in [4.69, 9.17) is 12.2 Å². The molecule has 0 atom stereocenters. The number of carbonyl (C=O) groups excluding carboxylic acids is 1. The first kappa shape index (κ1) is 14.9. The first-order valence-electron chi connectivity index (χ1n) is 5.68. The van der Waals surface area contributed by atoms with Gasteiger partial charge in [0.05, 0.1) is 5.69 Å². The van der Waals surface area contributed by atoms with Crippen molar-refractivity contribution in [3.8, 4) is 0 Å². The number of rotatable bonds is 2. The van der Waals surface area contributed by atoms with Crippen molar-refractivity contribution in [2.75, 3.05) is 5.32 Å². The maximum Gasteiger partial charge on any atom is 0.257 e. The zero-order chi connectivity index (χ0) is 14.5. The van der Waals surface area contributed by atoms with E-state index in [2.05, 4.69) is 33.2 Å². The summed E-state index contributed by atoms with van der Waals surface area (Å²) in [5, 5.41) is 5.20. The van der Waals surface area contributed by atoms with E-state index in [0.29, 0.717) is 5.56 Å². The molecule has 2 rings (SSSR count). The molecule has 2 N–H and O–H groups in total. The van der Waals surface area contributed by atoms with Crippen LogP contribution >= 0.6 is 34.8 Å². The number of benzene rings is 2. The third-order valence-corrected chi connectivity index (χ3v) is 3.38. The second kappa shape index (κ2) is 6.76. The molecule has 0 heterocycles. The summed E-state index contributed by atoms with van der Waals surface area (Å²) in [7, 11) is 0. The highest BCUT2D eigenvalue weighted by Crippen LogP contribution is 2.12. The minimum absolute atomic E-state index is 0.0543. The number of thiocarbonyl (C=S) groups is 1. The van der Waals surface area contributed by atoms with Crippen LogP contribution in [-0.2, 0) is 0 Å². The van der Waals surface area contributed by atoms with Crippen molar-refractivity contribution in [3.05, 3.63) is 63.5 Å². The van der Waals surface area contributed by atoms with E-state index in [9.17, 15) is 9.18 Å². The Morgan fingerprint density at radius 2 is 1.75 bits per heavy atom. The van der Waals surface area contributed by atoms with Gasteiger partial charge in [-0.1, -0.05) is 12.1 Å². The van der Waals surface area contributed by atoms with Crippen LogP contribution in [0.1, 0.15) is 10.4 Å². The minimum Gasteiger partial charge on any atom is -0.330 e. The van der Waals surface area contributed by atoms with Gasteiger partial charge in [0, 0.05) is 9.13 Å². The highest BCUT2D eigenvalue weighted by Gasteiger charge is 2.09. The number of amides is 1. The Kier molecular flexibility index (Phi) is 5.02. The van der Waals surface area contributed by atoms with Gasteiger partial charge in [-0.25, -0.2) is 4.39 Å². The van der Waals surface area contributed by atoms with Crippen LogP contribution in [0.15, 0.2) is 48.5 Å². The lowest BCUT2D eigenvalue weighted by atomic mass is 10.2. The van der Waals surface area contributed by atoms with Crippen LogP contribution in [0.2, 0.25) is 0 Å². The highest BCUT2D eigenvalue weighted by molar-refractivity contribution is 14.1. The van der Waals surface area contributed by atoms with E-state index in [1.807, 2.05) is 12.1 Å². The summed E-state index contributed by atoms with van der Waals surface area (Å²) in [6, 6.07) is 13.1. The second-order valence-corrected chi connectivity index (χ2v) is 5.55. The van der Waals surface area contributed by atoms with Gasteiger partial charge in [0.1, 0.15) is 5.82 Å². The highest BCUT2D eigenvalue weighted by atomic mass is 127. The molecule has 2 aromatic carbocycles. The number of carbonyl (C=O) groups is 1. The van der Waals surface area contributed by atoms with Gasteiger partial charge in [-0.15, -0.1) is 0 Å². The van der Waals surface area contributed by atoms with E-state index in [-0.39, 0.29) is 16.7 Å². The number of para-hydroxylation sites is 1. The summed E-state index contributed by atoms with van der Waals surface area (Å²) in [6.07, 6.45) is 0. The van der Waals surface area contributed by atoms with Crippen LogP contribution in [0.25, 0.3) is 0 Å². The molecular formula is C14H10FIN2OS. The maximum atomic E-state index is 13.4. The molecule has 0 aliphatic heterocycles. The third kappa shape index (κ3) is 3.97. The van der Waals surface area contributed by atoms with Crippen LogP contribution in [0.4, 0.5) is 10.1 Å². The SMILES string of the molecule is O=C(NC(=S)Nc1ccccc1F)c1ccc(I)cc1. The molecule has 3 nitrogen and oxygen atoms in total. The van der Waals surface area contributed by atoms with Crippen LogP contribution < -0.4 is 10.6 Å². The third-order valence-electron chi connectivity index (χ3n) is 2.46. The first-order valence-corrected chi connectivity index (χ1v) is 7.17. The lowest BCUT2D eigenvalue weighted by molar-refractivity contribution is 0.0977. The molecule has 0 aromatic heterocycles. The number of hydrogen-bond donors (Lipinski definition) is 2. The molecule has 0 radical (unpaired) electrons. The molecule has 0 saturated carbocycles. The normalized spacial score (nSPS) is 9.90. The molecule has 2 aromatic rings. The van der Waals surface area contributed by atoms with Crippen molar-refractivity contribution in [3.63, 3.8) is 0 Å². The Labute approximate surface area is 134 Å². The van der Waals surface area contributed by atoms with Gasteiger partial charge >= 0.3 is 0 Å². The first-order chi connectivity index (χ1) is 9.56. The van der Waals surface area contributed by atoms with Gasteiger partial charge in [-0.2, -0.15) is 0 Å². The van der Waals surface area contributed by atoms with Gasteiger partial charge < -0.3 is 5.32 Å². The van der Waals surface area contributed by atoms with E-state index in [0.717, 1.165) is 3.57 Å². The van der Waals surface area contributed by atoms with Crippen molar-refractivity contribution < 1.29 is 9.18 Å². The second-order valence-electron chi connectivity index (χ2n) is 3.89. The Hall–Kier alpha value is -1.54. The van der Waals surface area contributed by atoms with Gasteiger partial charge in [-0.3, -0.25) is 10.1 Å². The number of anilines is 1. The fourth-order valence-corrected chi connectivity index (χ4v) is 2.05. The van der Waals surface area contributed by atoms with E-state index in [1.54, 1.807) is 30.3 Å². The Morgan fingerprint density at radius 1 is 1.10 bits per heavy atom. The van der Waals surface area contributed by atoms with E-state index >= 15 is 0 Å². The summed E-state index contributed by atoms with van der Waals surface area (Å²) in [5.41, 5.74) is 0.712. The van der Waals surface area contributed by atoms with Gasteiger partial charge in [0.2, 0.25) is 0 Å². The summed E-state index contributed by atoms with van der Waals surface area (Å²) in [4.78, 5) is 11.9. The quantitative estimate of drug-likeness (QED) is 0.599. The Balaban J connectivity index is 2.00. The topological polar surface area (TPSA) is 41.1 Å². The molecule has 1 amide bonds. The fraction of sp³-hybridized carbons (Fsp3) is 0. The van der Waals surface area contributed by atoms with Gasteiger partial charge in [0.15, 0.2) is 5.11 Å². The molecule has 0 spiro atoms. The van der Waals surface area contributed by atoms with E-state index < -0.39 is 5.82 Å². The summed E-state index contributed by atoms with van der Waals surface area (Å²) < 4.78 is 14.5. The maximum absolute atomic E-state index is 13.4. The Bertz CT molecular complexity index is 646. The molecule has 0 aliphatic carbocycles. The standard InChI is InChI=1S/C14H10FIN2OS/c15-11-3-1-2-4-12(11)17-14(20)18-13(19)9-5-7-10(16)8-6-9/h1-8H,(H2,17,18,19,20). The van der Waals surface area contributed by atoms with Crippen molar-refractivity contribution in [1.82, 2.24) is 5.32 Å². The van der Waals surface area contributed by atoms with Gasteiger partial charge in [0.25, 0.3) is 5.91 Å². The molecule has 102 valence electrons. The molecule has 0 unspecified atom stereocenters. The monoisotopic (exact) mass is 400 g/mol. The number of halogens is 2. The van der Waals surface area contributed by atoms with Crippen LogP contribution in [0.3, 0.4) is 0 Å². The molecule has 6 heteroatoms. The van der Waals surface area contributed by atoms with Crippen molar-refractivity contribution >= 4 is 51.5 Å². The molecule has 0 bridgehead atoms. The zero-order valence-electron chi connectivity index (χ0n) is 10.2. The summed E-state index contributed by atoms with van der Waals surface area (Å²) in [5.74, 6) is -0.770.